The molecule has 1 saturated heterocycles. The van der Waals surface area contributed by atoms with Crippen LogP contribution in [0.5, 0.6) is 0 Å². The van der Waals surface area contributed by atoms with E-state index in [0.29, 0.717) is 35.5 Å². The molecule has 1 amide bonds. The second-order valence-electron chi connectivity index (χ2n) is 6.98. The van der Waals surface area contributed by atoms with Crippen molar-refractivity contribution < 1.29 is 4.79 Å². The van der Waals surface area contributed by atoms with Crippen molar-refractivity contribution in [3.8, 4) is 0 Å². The van der Waals surface area contributed by atoms with Gasteiger partial charge in [-0.15, -0.1) is 0 Å². The largest absolute Gasteiger partial charge is 0.339 e. The number of nitrogens with zero attached hydrogens (tertiary/aromatic N) is 2. The lowest BCUT2D eigenvalue weighted by atomic mass is 9.95. The molecule has 0 radical (unpaired) electrons. The van der Waals surface area contributed by atoms with Gasteiger partial charge in [-0.25, -0.2) is 4.98 Å². The van der Waals surface area contributed by atoms with Gasteiger partial charge in [-0.3, -0.25) is 9.59 Å². The molecule has 3 rings (SSSR count). The fraction of sp³-hybridized carbons (Fsp3) is 0.722. The molecule has 5 nitrogen and oxygen atoms in total. The molecule has 0 unspecified atom stereocenters. The Labute approximate surface area is 147 Å². The van der Waals surface area contributed by atoms with Crippen molar-refractivity contribution in [2.24, 2.45) is 5.92 Å². The average molecular weight is 350 g/mol. The number of nitrogens with one attached hydrogen (secondary N) is 1. The van der Waals surface area contributed by atoms with Crippen LogP contribution in [-0.2, 0) is 11.2 Å². The number of H-pyrrole nitrogens is 1. The molecule has 1 aromatic rings. The molecule has 6 heteroatoms. The smallest absolute Gasteiger partial charge is 0.254 e. The quantitative estimate of drug-likeness (QED) is 0.656. The number of aryl methyl sites for hydroxylation is 1. The maximum absolute atomic E-state index is 12.7. The van der Waals surface area contributed by atoms with E-state index in [1.807, 2.05) is 13.2 Å². The molecule has 0 aromatic carbocycles. The summed E-state index contributed by atoms with van der Waals surface area (Å²) in [6.07, 6.45) is 10.2. The molecule has 0 bridgehead atoms. The van der Waals surface area contributed by atoms with E-state index in [0.717, 1.165) is 25.1 Å². The number of aromatic nitrogens is 2. The van der Waals surface area contributed by atoms with Gasteiger partial charge in [-0.05, 0) is 51.2 Å². The summed E-state index contributed by atoms with van der Waals surface area (Å²) in [6, 6.07) is 0.441. The zero-order valence-corrected chi connectivity index (χ0v) is 15.5. The second kappa shape index (κ2) is 7.72. The summed E-state index contributed by atoms with van der Waals surface area (Å²) < 4.78 is 0. The summed E-state index contributed by atoms with van der Waals surface area (Å²) in [6.45, 7) is 2.74. The average Bonchev–Trinajstić information content (AvgIpc) is 3.24. The van der Waals surface area contributed by atoms with Crippen LogP contribution in [0.1, 0.15) is 56.2 Å². The number of carbonyl (C=O) groups is 1. The highest BCUT2D eigenvalue weighted by Crippen LogP contribution is 2.35. The third-order valence-corrected chi connectivity index (χ3v) is 6.13. The monoisotopic (exact) mass is 349 g/mol. The summed E-state index contributed by atoms with van der Waals surface area (Å²) >= 11 is 1.42. The van der Waals surface area contributed by atoms with Gasteiger partial charge >= 0.3 is 0 Å². The first-order valence-corrected chi connectivity index (χ1v) is 10.3. The van der Waals surface area contributed by atoms with Crippen LogP contribution in [-0.4, -0.2) is 39.6 Å². The first kappa shape index (κ1) is 17.5. The number of likely N-dealkylation sites (tertiary alicyclic amines) is 1. The van der Waals surface area contributed by atoms with Gasteiger partial charge in [0.05, 0.1) is 0 Å². The highest BCUT2D eigenvalue weighted by molar-refractivity contribution is 7.98. The number of hydrogen-bond acceptors (Lipinski definition) is 4. The van der Waals surface area contributed by atoms with Gasteiger partial charge in [0, 0.05) is 30.3 Å². The van der Waals surface area contributed by atoms with Crippen LogP contribution in [0, 0.1) is 12.8 Å². The lowest BCUT2D eigenvalue weighted by Crippen LogP contribution is -2.39. The van der Waals surface area contributed by atoms with E-state index in [2.05, 4.69) is 14.9 Å². The number of rotatable bonds is 5. The van der Waals surface area contributed by atoms with Crippen LogP contribution >= 0.6 is 11.8 Å². The van der Waals surface area contributed by atoms with Gasteiger partial charge in [0.1, 0.15) is 0 Å². The van der Waals surface area contributed by atoms with Gasteiger partial charge in [0.15, 0.2) is 5.16 Å². The molecule has 1 aliphatic carbocycles. The molecule has 0 spiro atoms. The third kappa shape index (κ3) is 3.68. The van der Waals surface area contributed by atoms with Crippen LogP contribution < -0.4 is 5.56 Å². The van der Waals surface area contributed by atoms with Crippen molar-refractivity contribution in [2.45, 2.75) is 69.5 Å². The van der Waals surface area contributed by atoms with Crippen LogP contribution in [0.15, 0.2) is 9.95 Å². The Morgan fingerprint density at radius 1 is 1.29 bits per heavy atom. The van der Waals surface area contributed by atoms with Crippen LogP contribution in [0.4, 0.5) is 0 Å². The first-order chi connectivity index (χ1) is 11.6. The number of carbonyl (C=O) groups excluding carboxylic acids is 1. The molecule has 2 aliphatic rings. The van der Waals surface area contributed by atoms with E-state index < -0.39 is 0 Å². The van der Waals surface area contributed by atoms with Gasteiger partial charge in [-0.1, -0.05) is 24.6 Å². The molecule has 1 aromatic heterocycles. The molecule has 1 N–H and O–H groups in total. The van der Waals surface area contributed by atoms with Gasteiger partial charge in [0.2, 0.25) is 5.91 Å². The maximum Gasteiger partial charge on any atom is 0.254 e. The summed E-state index contributed by atoms with van der Waals surface area (Å²) in [4.78, 5) is 34.2. The van der Waals surface area contributed by atoms with E-state index >= 15 is 0 Å². The Kier molecular flexibility index (Phi) is 5.64. The molecule has 1 aliphatic heterocycles. The fourth-order valence-electron chi connectivity index (χ4n) is 4.29. The van der Waals surface area contributed by atoms with Crippen LogP contribution in [0.3, 0.4) is 0 Å². The molecule has 2 heterocycles. The summed E-state index contributed by atoms with van der Waals surface area (Å²) in [5.41, 5.74) is 1.29. The fourth-order valence-corrected chi connectivity index (χ4v) is 4.71. The number of hydrogen-bond donors (Lipinski definition) is 1. The lowest BCUT2D eigenvalue weighted by Gasteiger charge is -2.29. The lowest BCUT2D eigenvalue weighted by molar-refractivity contribution is -0.132. The molecular weight excluding hydrogens is 322 g/mol. The second-order valence-corrected chi connectivity index (χ2v) is 7.78. The van der Waals surface area contributed by atoms with E-state index in [9.17, 15) is 9.59 Å². The topological polar surface area (TPSA) is 66.1 Å². The highest BCUT2D eigenvalue weighted by Gasteiger charge is 2.35. The minimum absolute atomic E-state index is 0.103. The maximum atomic E-state index is 12.7. The minimum Gasteiger partial charge on any atom is -0.339 e. The van der Waals surface area contributed by atoms with Gasteiger partial charge in [0.25, 0.3) is 5.56 Å². The van der Waals surface area contributed by atoms with Gasteiger partial charge < -0.3 is 9.88 Å². The Morgan fingerprint density at radius 3 is 2.71 bits per heavy atom. The van der Waals surface area contributed by atoms with E-state index in [1.54, 1.807) is 0 Å². The Bertz CT molecular complexity index is 652. The van der Waals surface area contributed by atoms with Crippen molar-refractivity contribution in [3.05, 3.63) is 21.6 Å². The normalized spacial score (nSPS) is 21.6. The zero-order valence-electron chi connectivity index (χ0n) is 14.6. The molecule has 24 heavy (non-hydrogen) atoms. The van der Waals surface area contributed by atoms with Crippen LogP contribution in [0.2, 0.25) is 0 Å². The molecule has 1 saturated carbocycles. The van der Waals surface area contributed by atoms with E-state index in [-0.39, 0.29) is 11.5 Å². The number of amides is 1. The molecular formula is C18H27N3O2S. The van der Waals surface area contributed by atoms with Gasteiger partial charge in [-0.2, -0.15) is 0 Å². The number of thioether (sulfide) groups is 1. The van der Waals surface area contributed by atoms with Crippen molar-refractivity contribution in [2.75, 3.05) is 12.8 Å². The zero-order chi connectivity index (χ0) is 17.1. The van der Waals surface area contributed by atoms with E-state index in [4.69, 9.17) is 0 Å². The summed E-state index contributed by atoms with van der Waals surface area (Å²) in [5, 5.41) is 0.633. The van der Waals surface area contributed by atoms with Crippen molar-refractivity contribution in [1.82, 2.24) is 14.9 Å². The Balaban J connectivity index is 1.64. The predicted octanol–water partition coefficient (Wildman–Crippen LogP) is 2.91. The summed E-state index contributed by atoms with van der Waals surface area (Å²) in [7, 11) is 0. The first-order valence-electron chi connectivity index (χ1n) is 9.03. The molecule has 2 fully saturated rings. The molecule has 1 atom stereocenters. The standard InChI is InChI=1S/C18H27N3O2S/c1-12-14(17(23)20-18(19-12)24-2)9-10-16(22)21-11-5-8-15(21)13-6-3-4-7-13/h13,15H,3-11H2,1-2H3,(H,19,20,23)/t15-/m1/s1. The number of aromatic amines is 1. The predicted molar refractivity (Wildman–Crippen MR) is 96.4 cm³/mol. The highest BCUT2D eigenvalue weighted by atomic mass is 32.2. The van der Waals surface area contributed by atoms with Crippen molar-refractivity contribution in [1.29, 1.82) is 0 Å². The summed E-state index contributed by atoms with van der Waals surface area (Å²) in [5.74, 6) is 0.904. The van der Waals surface area contributed by atoms with Crippen molar-refractivity contribution in [3.63, 3.8) is 0 Å². The Hall–Kier alpha value is -1.30. The van der Waals surface area contributed by atoms with Crippen molar-refractivity contribution >= 4 is 17.7 Å². The SMILES string of the molecule is CSc1nc(C)c(CCC(=O)N2CCC[C@@H]2C2CCCC2)c(=O)[nH]1. The Morgan fingerprint density at radius 2 is 2.04 bits per heavy atom. The van der Waals surface area contributed by atoms with E-state index in [1.165, 1.54) is 37.4 Å². The molecule has 132 valence electrons. The minimum atomic E-state index is -0.103. The van der Waals surface area contributed by atoms with Crippen LogP contribution in [0.25, 0.3) is 0 Å². The third-order valence-electron chi connectivity index (χ3n) is 5.55.